The van der Waals surface area contributed by atoms with Gasteiger partial charge in [0.2, 0.25) is 0 Å². The van der Waals surface area contributed by atoms with Crippen molar-refractivity contribution < 1.29 is 8.95 Å². The third kappa shape index (κ3) is 6.43. The van der Waals surface area contributed by atoms with Gasteiger partial charge < -0.3 is 9.64 Å². The molecule has 0 fully saturated rings. The highest BCUT2D eigenvalue weighted by Gasteiger charge is 2.10. The summed E-state index contributed by atoms with van der Waals surface area (Å²) in [5, 5.41) is 1.91. The van der Waals surface area contributed by atoms with Crippen LogP contribution in [0.3, 0.4) is 0 Å². The molecule has 0 aliphatic heterocycles. The van der Waals surface area contributed by atoms with Crippen LogP contribution in [0.15, 0.2) is 58.3 Å². The molecule has 1 unspecified atom stereocenters. The topological polar surface area (TPSA) is 67.3 Å². The predicted octanol–water partition coefficient (Wildman–Crippen LogP) is 3.74. The molecular formula is C21H26N4O2S2. The van der Waals surface area contributed by atoms with Gasteiger partial charge in [-0.3, -0.25) is 4.98 Å². The largest absolute Gasteiger partial charge is 0.492 e. The highest BCUT2D eigenvalue weighted by atomic mass is 32.2. The molecule has 0 spiro atoms. The molecule has 3 rings (SSSR count). The van der Waals surface area contributed by atoms with E-state index in [9.17, 15) is 4.21 Å². The summed E-state index contributed by atoms with van der Waals surface area (Å²) in [5.41, 5.74) is 2.28. The smallest absolute Gasteiger partial charge is 0.135 e. The van der Waals surface area contributed by atoms with Crippen LogP contribution in [0.5, 0.6) is 5.75 Å². The lowest BCUT2D eigenvalue weighted by Gasteiger charge is -2.18. The lowest BCUT2D eigenvalue weighted by Crippen LogP contribution is -2.28. The summed E-state index contributed by atoms with van der Waals surface area (Å²) in [6.45, 7) is 8.13. The van der Waals surface area contributed by atoms with E-state index >= 15 is 0 Å². The number of rotatable bonds is 11. The molecule has 29 heavy (non-hydrogen) atoms. The van der Waals surface area contributed by atoms with Gasteiger partial charge in [-0.25, -0.2) is 13.9 Å². The van der Waals surface area contributed by atoms with Gasteiger partial charge in [0.15, 0.2) is 0 Å². The first-order chi connectivity index (χ1) is 14.2. The Morgan fingerprint density at radius 1 is 1.14 bits per heavy atom. The minimum atomic E-state index is -1.26. The van der Waals surface area contributed by atoms with Crippen LogP contribution >= 0.6 is 11.3 Å². The molecule has 3 aromatic rings. The third-order valence-electron chi connectivity index (χ3n) is 4.41. The molecular weight excluding hydrogens is 404 g/mol. The Hall–Kier alpha value is -2.13. The highest BCUT2D eigenvalue weighted by Crippen LogP contribution is 2.22. The van der Waals surface area contributed by atoms with Gasteiger partial charge in [-0.05, 0) is 36.7 Å². The second kappa shape index (κ2) is 11.2. The number of hydrogen-bond donors (Lipinski definition) is 1. The lowest BCUT2D eigenvalue weighted by molar-refractivity contribution is 0.222. The Balaban J connectivity index is 1.74. The molecule has 1 N–H and O–H groups in total. The Labute approximate surface area is 178 Å². The van der Waals surface area contributed by atoms with Crippen LogP contribution < -0.4 is 9.46 Å². The van der Waals surface area contributed by atoms with Gasteiger partial charge in [0.1, 0.15) is 27.6 Å². The van der Waals surface area contributed by atoms with Crippen LogP contribution in [0.4, 0.5) is 0 Å². The summed E-state index contributed by atoms with van der Waals surface area (Å²) < 4.78 is 22.2. The maximum Gasteiger partial charge on any atom is 0.135 e. The van der Waals surface area contributed by atoms with Gasteiger partial charge in [0.05, 0.1) is 23.6 Å². The second-order valence-corrected chi connectivity index (χ2v) is 8.76. The van der Waals surface area contributed by atoms with E-state index in [4.69, 9.17) is 4.74 Å². The van der Waals surface area contributed by atoms with Crippen LogP contribution in [0.25, 0.3) is 11.4 Å². The molecule has 0 aliphatic rings. The van der Waals surface area contributed by atoms with E-state index in [1.54, 1.807) is 6.20 Å². The van der Waals surface area contributed by atoms with Crippen molar-refractivity contribution in [2.45, 2.75) is 24.6 Å². The summed E-state index contributed by atoms with van der Waals surface area (Å²) in [4.78, 5) is 11.4. The maximum absolute atomic E-state index is 12.4. The van der Waals surface area contributed by atoms with Crippen LogP contribution in [0, 0.1) is 0 Å². The Morgan fingerprint density at radius 2 is 2.00 bits per heavy atom. The molecule has 0 radical (unpaired) electrons. The fraction of sp³-hybridized carbons (Fsp3) is 0.333. The molecule has 0 bridgehead atoms. The number of nitrogens with zero attached hydrogens (tertiary/aromatic N) is 3. The van der Waals surface area contributed by atoms with E-state index in [1.807, 2.05) is 47.8 Å². The maximum atomic E-state index is 12.4. The molecule has 8 heteroatoms. The number of pyridine rings is 2. The van der Waals surface area contributed by atoms with Crippen molar-refractivity contribution in [3.63, 3.8) is 0 Å². The normalized spacial score (nSPS) is 12.2. The van der Waals surface area contributed by atoms with Gasteiger partial charge >= 0.3 is 0 Å². The van der Waals surface area contributed by atoms with Crippen LogP contribution in [-0.2, 0) is 17.5 Å². The first-order valence-electron chi connectivity index (χ1n) is 9.66. The summed E-state index contributed by atoms with van der Waals surface area (Å²) >= 11 is 1.46. The minimum Gasteiger partial charge on any atom is -0.492 e. The summed E-state index contributed by atoms with van der Waals surface area (Å²) in [6.07, 6.45) is 1.74. The number of hydrogen-bond acceptors (Lipinski definition) is 6. The van der Waals surface area contributed by atoms with Crippen LogP contribution in [0.1, 0.15) is 19.5 Å². The molecule has 0 aliphatic carbocycles. The molecule has 154 valence electrons. The Kier molecular flexibility index (Phi) is 8.30. The quantitative estimate of drug-likeness (QED) is 0.502. The fourth-order valence-corrected chi connectivity index (χ4v) is 4.56. The molecule has 1 atom stereocenters. The van der Waals surface area contributed by atoms with Crippen molar-refractivity contribution in [1.29, 1.82) is 0 Å². The van der Waals surface area contributed by atoms with Crippen molar-refractivity contribution in [3.05, 3.63) is 59.7 Å². The summed E-state index contributed by atoms with van der Waals surface area (Å²) in [5.74, 6) is 0.742. The van der Waals surface area contributed by atoms with Gasteiger partial charge in [-0.2, -0.15) is 0 Å². The zero-order valence-corrected chi connectivity index (χ0v) is 18.3. The van der Waals surface area contributed by atoms with Crippen molar-refractivity contribution >= 4 is 22.3 Å². The number of thiophene rings is 1. The Bertz CT molecular complexity index is 900. The molecule has 0 aromatic carbocycles. The van der Waals surface area contributed by atoms with E-state index in [2.05, 4.69) is 33.4 Å². The van der Waals surface area contributed by atoms with Crippen LogP contribution in [0.2, 0.25) is 0 Å². The van der Waals surface area contributed by atoms with E-state index in [-0.39, 0.29) is 0 Å². The molecule has 0 saturated carbocycles. The summed E-state index contributed by atoms with van der Waals surface area (Å²) in [7, 11) is -1.26. The highest BCUT2D eigenvalue weighted by molar-refractivity contribution is 7.85. The van der Waals surface area contributed by atoms with Gasteiger partial charge in [0.25, 0.3) is 0 Å². The number of ether oxygens (including phenoxy) is 1. The predicted molar refractivity (Wildman–Crippen MR) is 118 cm³/mol. The zero-order chi connectivity index (χ0) is 20.5. The van der Waals surface area contributed by atoms with E-state index < -0.39 is 11.0 Å². The second-order valence-electron chi connectivity index (χ2n) is 6.29. The molecule has 3 heterocycles. The minimum absolute atomic E-state index is 0.373. The van der Waals surface area contributed by atoms with Gasteiger partial charge in [0, 0.05) is 24.9 Å². The first-order valence-corrected chi connectivity index (χ1v) is 11.7. The molecule has 0 saturated heterocycles. The average Bonchev–Trinajstić information content (AvgIpc) is 3.31. The third-order valence-corrected chi connectivity index (χ3v) is 6.72. The monoisotopic (exact) mass is 430 g/mol. The van der Waals surface area contributed by atoms with Crippen LogP contribution in [-0.4, -0.2) is 45.3 Å². The SMILES string of the molecule is CCN(CC)CCOc1cc(CNS(=O)c2cccs2)nc(-c2ccccn2)c1. The lowest BCUT2D eigenvalue weighted by atomic mass is 10.2. The van der Waals surface area contributed by atoms with Crippen molar-refractivity contribution in [1.82, 2.24) is 19.6 Å². The van der Waals surface area contributed by atoms with E-state index in [0.29, 0.717) is 13.2 Å². The fourth-order valence-electron chi connectivity index (χ4n) is 2.79. The van der Waals surface area contributed by atoms with Crippen molar-refractivity contribution in [2.75, 3.05) is 26.2 Å². The molecule has 6 nitrogen and oxygen atoms in total. The van der Waals surface area contributed by atoms with Crippen molar-refractivity contribution in [3.8, 4) is 17.1 Å². The van der Waals surface area contributed by atoms with Crippen molar-refractivity contribution in [2.24, 2.45) is 0 Å². The van der Waals surface area contributed by atoms with E-state index in [0.717, 1.165) is 46.7 Å². The first kappa shape index (κ1) is 21.6. The van der Waals surface area contributed by atoms with Gasteiger partial charge in [-0.1, -0.05) is 26.0 Å². The average molecular weight is 431 g/mol. The van der Waals surface area contributed by atoms with Gasteiger partial charge in [-0.15, -0.1) is 11.3 Å². The van der Waals surface area contributed by atoms with E-state index in [1.165, 1.54) is 11.3 Å². The Morgan fingerprint density at radius 3 is 2.69 bits per heavy atom. The molecule has 3 aromatic heterocycles. The number of nitrogens with one attached hydrogen (secondary N) is 1. The summed E-state index contributed by atoms with van der Waals surface area (Å²) in [6, 6.07) is 13.3. The molecule has 0 amide bonds. The number of aromatic nitrogens is 2. The zero-order valence-electron chi connectivity index (χ0n) is 16.7. The number of likely N-dealkylation sites (N-methyl/N-ethyl adjacent to an activating group) is 1. The standard InChI is InChI=1S/C21H26N4O2S2/c1-3-25(4-2)11-12-27-18-14-17(16-23-29(26)21-9-7-13-28-21)24-20(15-18)19-8-5-6-10-22-19/h5-10,13-15,23H,3-4,11-12,16H2,1-2H3.